The molecular weight excluding hydrogens is 384 g/mol. The van der Waals surface area contributed by atoms with E-state index in [0.717, 1.165) is 16.4 Å². The van der Waals surface area contributed by atoms with Gasteiger partial charge in [-0.05, 0) is 25.5 Å². The van der Waals surface area contributed by atoms with Crippen molar-refractivity contribution in [3.05, 3.63) is 47.3 Å². The molecule has 27 heavy (non-hydrogen) atoms. The second-order valence-corrected chi connectivity index (χ2v) is 7.74. The van der Waals surface area contributed by atoms with E-state index in [9.17, 15) is 9.59 Å². The Hall–Kier alpha value is -2.26. The number of hydrogen-bond acceptors (Lipinski definition) is 7. The molecule has 0 atom stereocenters. The predicted octanol–water partition coefficient (Wildman–Crippen LogP) is 2.65. The van der Waals surface area contributed by atoms with Crippen molar-refractivity contribution in [2.24, 2.45) is 0 Å². The zero-order valence-corrected chi connectivity index (χ0v) is 16.8. The second-order valence-electron chi connectivity index (χ2n) is 5.69. The number of para-hydroxylation sites is 1. The number of esters is 1. The average molecular weight is 405 g/mol. The van der Waals surface area contributed by atoms with Gasteiger partial charge in [0.1, 0.15) is 6.33 Å². The van der Waals surface area contributed by atoms with Crippen molar-refractivity contribution in [2.45, 2.75) is 19.0 Å². The Morgan fingerprint density at radius 1 is 1.41 bits per heavy atom. The van der Waals surface area contributed by atoms with Gasteiger partial charge in [0.15, 0.2) is 5.16 Å². The highest BCUT2D eigenvalue weighted by molar-refractivity contribution is 8.04. The maximum atomic E-state index is 12.1. The number of benzene rings is 1. The normalized spacial score (nSPS) is 15.6. The fraction of sp³-hybridized carbons (Fsp3) is 0.333. The van der Waals surface area contributed by atoms with Crippen LogP contribution in [0.3, 0.4) is 0 Å². The van der Waals surface area contributed by atoms with E-state index in [-0.39, 0.29) is 5.91 Å². The van der Waals surface area contributed by atoms with Crippen LogP contribution in [0.4, 0.5) is 0 Å². The van der Waals surface area contributed by atoms with Gasteiger partial charge in [0.2, 0.25) is 5.91 Å². The molecule has 1 amide bonds. The first-order valence-corrected chi connectivity index (χ1v) is 10.5. The van der Waals surface area contributed by atoms with Crippen LogP contribution in [-0.4, -0.2) is 56.2 Å². The molecule has 0 N–H and O–H groups in total. The van der Waals surface area contributed by atoms with Crippen molar-refractivity contribution in [2.75, 3.05) is 24.7 Å². The van der Waals surface area contributed by atoms with Crippen LogP contribution in [-0.2, 0) is 14.3 Å². The molecule has 1 fully saturated rings. The highest BCUT2D eigenvalue weighted by atomic mass is 32.2. The minimum atomic E-state index is -0.424. The maximum absolute atomic E-state index is 12.1. The van der Waals surface area contributed by atoms with E-state index >= 15 is 0 Å². The molecule has 9 heteroatoms. The second kappa shape index (κ2) is 9.09. The van der Waals surface area contributed by atoms with Gasteiger partial charge < -0.3 is 9.64 Å². The number of nitrogens with zero attached hydrogens (tertiary/aromatic N) is 4. The van der Waals surface area contributed by atoms with Crippen molar-refractivity contribution in [1.29, 1.82) is 0 Å². The van der Waals surface area contributed by atoms with Crippen LogP contribution >= 0.6 is 23.5 Å². The number of thioether (sulfide) groups is 2. The van der Waals surface area contributed by atoms with E-state index in [4.69, 9.17) is 4.74 Å². The van der Waals surface area contributed by atoms with Crippen LogP contribution in [0.25, 0.3) is 5.69 Å². The van der Waals surface area contributed by atoms with E-state index in [0.29, 0.717) is 29.7 Å². The van der Waals surface area contributed by atoms with Gasteiger partial charge in [-0.2, -0.15) is 0 Å². The molecule has 142 valence electrons. The quantitative estimate of drug-likeness (QED) is 0.399. The molecule has 7 nitrogen and oxygen atoms in total. The highest BCUT2D eigenvalue weighted by Crippen LogP contribution is 2.30. The smallest absolute Gasteiger partial charge is 0.333 e. The molecule has 0 radical (unpaired) electrons. The van der Waals surface area contributed by atoms with Crippen LogP contribution in [0.1, 0.15) is 12.5 Å². The molecule has 0 unspecified atom stereocenters. The van der Waals surface area contributed by atoms with Crippen molar-refractivity contribution >= 4 is 35.4 Å². The SMILES string of the molecule is CCOC(=O)/C=C1\SCC(=O)N1CCSc1nncn1-c1ccccc1C. The number of carbonyl (C=O) groups is 2. The van der Waals surface area contributed by atoms with Crippen LogP contribution < -0.4 is 0 Å². The molecular formula is C18H20N4O3S2. The van der Waals surface area contributed by atoms with Gasteiger partial charge in [-0.3, -0.25) is 9.36 Å². The summed E-state index contributed by atoms with van der Waals surface area (Å²) in [6, 6.07) is 8.02. The third kappa shape index (κ3) is 4.72. The summed E-state index contributed by atoms with van der Waals surface area (Å²) >= 11 is 2.88. The van der Waals surface area contributed by atoms with Gasteiger partial charge in [0, 0.05) is 12.3 Å². The van der Waals surface area contributed by atoms with E-state index in [2.05, 4.69) is 10.2 Å². The highest BCUT2D eigenvalue weighted by Gasteiger charge is 2.27. The lowest BCUT2D eigenvalue weighted by Crippen LogP contribution is -2.27. The summed E-state index contributed by atoms with van der Waals surface area (Å²) in [7, 11) is 0. The zero-order chi connectivity index (χ0) is 19.2. The van der Waals surface area contributed by atoms with E-state index < -0.39 is 5.97 Å². The van der Waals surface area contributed by atoms with Crippen molar-refractivity contribution in [3.63, 3.8) is 0 Å². The Balaban J connectivity index is 1.65. The van der Waals surface area contributed by atoms with Gasteiger partial charge in [0.25, 0.3) is 0 Å². The summed E-state index contributed by atoms with van der Waals surface area (Å²) in [6.45, 7) is 4.59. The molecule has 2 aromatic rings. The van der Waals surface area contributed by atoms with Gasteiger partial charge >= 0.3 is 5.97 Å². The Bertz CT molecular complexity index is 866. The van der Waals surface area contributed by atoms with E-state index in [1.54, 1.807) is 18.2 Å². The first-order chi connectivity index (χ1) is 13.1. The lowest BCUT2D eigenvalue weighted by atomic mass is 10.2. The fourth-order valence-corrected chi connectivity index (χ4v) is 4.41. The van der Waals surface area contributed by atoms with Gasteiger partial charge in [-0.25, -0.2) is 4.79 Å². The summed E-state index contributed by atoms with van der Waals surface area (Å²) in [5.41, 5.74) is 2.16. The monoisotopic (exact) mass is 404 g/mol. The lowest BCUT2D eigenvalue weighted by Gasteiger charge is -2.16. The largest absolute Gasteiger partial charge is 0.463 e. The van der Waals surface area contributed by atoms with Crippen molar-refractivity contribution < 1.29 is 14.3 Å². The van der Waals surface area contributed by atoms with Crippen LogP contribution in [0.5, 0.6) is 0 Å². The summed E-state index contributed by atoms with van der Waals surface area (Å²) in [4.78, 5) is 25.4. The molecule has 1 aliphatic heterocycles. The summed E-state index contributed by atoms with van der Waals surface area (Å²) in [6.07, 6.45) is 3.08. The minimum absolute atomic E-state index is 0.00322. The third-order valence-electron chi connectivity index (χ3n) is 3.88. The molecule has 1 saturated heterocycles. The van der Waals surface area contributed by atoms with Crippen molar-refractivity contribution in [1.82, 2.24) is 19.7 Å². The van der Waals surface area contributed by atoms with Gasteiger partial charge in [-0.1, -0.05) is 41.7 Å². The van der Waals surface area contributed by atoms with E-state index in [1.165, 1.54) is 29.6 Å². The first kappa shape index (κ1) is 19.5. The van der Waals surface area contributed by atoms with Crippen molar-refractivity contribution in [3.8, 4) is 5.69 Å². The Kier molecular flexibility index (Phi) is 6.57. The molecule has 1 aromatic carbocycles. The molecule has 1 aromatic heterocycles. The number of amides is 1. The fourth-order valence-electron chi connectivity index (χ4n) is 2.60. The number of aryl methyl sites for hydroxylation is 1. The average Bonchev–Trinajstić information content (AvgIpc) is 3.24. The molecule has 2 heterocycles. The predicted molar refractivity (Wildman–Crippen MR) is 106 cm³/mol. The molecule has 0 spiro atoms. The maximum Gasteiger partial charge on any atom is 0.333 e. The first-order valence-electron chi connectivity index (χ1n) is 8.50. The molecule has 0 saturated carbocycles. The van der Waals surface area contributed by atoms with Gasteiger partial charge in [-0.15, -0.1) is 10.2 Å². The third-order valence-corrected chi connectivity index (χ3v) is 5.82. The number of rotatable bonds is 7. The lowest BCUT2D eigenvalue weighted by molar-refractivity contribution is -0.137. The topological polar surface area (TPSA) is 77.3 Å². The molecule has 0 aliphatic carbocycles. The molecule has 0 bridgehead atoms. The Labute approximate surface area is 166 Å². The molecule has 3 rings (SSSR count). The van der Waals surface area contributed by atoms with Crippen LogP contribution in [0, 0.1) is 6.92 Å². The minimum Gasteiger partial charge on any atom is -0.463 e. The Morgan fingerprint density at radius 2 is 2.22 bits per heavy atom. The standard InChI is InChI=1S/C18H20N4O3S2/c1-3-25-17(24)10-16-21(15(23)11-27-16)8-9-26-18-20-19-12-22(18)14-7-5-4-6-13(14)2/h4-7,10,12H,3,8-9,11H2,1-2H3/b16-10-. The zero-order valence-electron chi connectivity index (χ0n) is 15.1. The number of aromatic nitrogens is 3. The Morgan fingerprint density at radius 3 is 3.00 bits per heavy atom. The number of ether oxygens (including phenoxy) is 1. The summed E-state index contributed by atoms with van der Waals surface area (Å²) in [5, 5.41) is 9.60. The van der Waals surface area contributed by atoms with Gasteiger partial charge in [0.05, 0.1) is 29.2 Å². The molecule has 1 aliphatic rings. The summed E-state index contributed by atoms with van der Waals surface area (Å²) < 4.78 is 6.87. The van der Waals surface area contributed by atoms with E-state index in [1.807, 2.05) is 35.8 Å². The number of carbonyl (C=O) groups excluding carboxylic acids is 2. The summed E-state index contributed by atoms with van der Waals surface area (Å²) in [5.74, 6) is 0.551. The van der Waals surface area contributed by atoms with Crippen LogP contribution in [0.15, 0.2) is 46.9 Å². The number of hydrogen-bond donors (Lipinski definition) is 0. The van der Waals surface area contributed by atoms with Crippen LogP contribution in [0.2, 0.25) is 0 Å².